The molecule has 0 amide bonds. The van der Waals surface area contributed by atoms with Crippen LogP contribution in [0.4, 0.5) is 19.0 Å². The Balaban J connectivity index is 1.45. The summed E-state index contributed by atoms with van der Waals surface area (Å²) in [4.78, 5) is 12.0. The van der Waals surface area contributed by atoms with E-state index in [4.69, 9.17) is 0 Å². The molecule has 0 bridgehead atoms. The smallest absolute Gasteiger partial charge is 0.354 e. The van der Waals surface area contributed by atoms with E-state index in [1.165, 1.54) is 4.52 Å². The SMILES string of the molecule is Cc1cc(N2CCN(C/C=C/c3ccccc3)CC2)n2nc(C(F)(F)F)nc2n1. The molecular weight excluding hydrogens is 381 g/mol. The van der Waals surface area contributed by atoms with E-state index in [2.05, 4.69) is 44.3 Å². The van der Waals surface area contributed by atoms with Gasteiger partial charge < -0.3 is 4.90 Å². The van der Waals surface area contributed by atoms with Gasteiger partial charge in [-0.2, -0.15) is 22.7 Å². The van der Waals surface area contributed by atoms with Crippen LogP contribution in [0.25, 0.3) is 11.9 Å². The van der Waals surface area contributed by atoms with Crippen LogP contribution in [0.15, 0.2) is 42.5 Å². The van der Waals surface area contributed by atoms with Gasteiger partial charge in [0.15, 0.2) is 0 Å². The quantitative estimate of drug-likeness (QED) is 0.670. The van der Waals surface area contributed by atoms with Crippen LogP contribution in [0.3, 0.4) is 0 Å². The standard InChI is InChI=1S/C20H21F3N6/c1-15-14-17(29-19(24-15)25-18(26-29)20(21,22)23)28-12-10-27(11-13-28)9-5-8-16-6-3-2-4-7-16/h2-8,14H,9-13H2,1H3/b8-5+. The fourth-order valence-electron chi connectivity index (χ4n) is 3.37. The van der Waals surface area contributed by atoms with Gasteiger partial charge >= 0.3 is 6.18 Å². The normalized spacial score (nSPS) is 16.2. The molecule has 9 heteroatoms. The number of anilines is 1. The number of benzene rings is 1. The molecule has 2 aromatic heterocycles. The summed E-state index contributed by atoms with van der Waals surface area (Å²) < 4.78 is 40.2. The second-order valence-electron chi connectivity index (χ2n) is 7.00. The molecule has 152 valence electrons. The second kappa shape index (κ2) is 7.82. The molecule has 4 rings (SSSR count). The Morgan fingerprint density at radius 1 is 1.03 bits per heavy atom. The van der Waals surface area contributed by atoms with Gasteiger partial charge in [-0.3, -0.25) is 4.90 Å². The second-order valence-corrected chi connectivity index (χ2v) is 7.00. The third-order valence-electron chi connectivity index (χ3n) is 4.84. The molecule has 0 spiro atoms. The highest BCUT2D eigenvalue weighted by Crippen LogP contribution is 2.28. The molecule has 29 heavy (non-hydrogen) atoms. The molecule has 0 atom stereocenters. The maximum atomic E-state index is 13.0. The Bertz CT molecular complexity index is 1000. The highest BCUT2D eigenvalue weighted by molar-refractivity contribution is 5.49. The summed E-state index contributed by atoms with van der Waals surface area (Å²) in [6.45, 7) is 5.58. The predicted molar refractivity (Wildman–Crippen MR) is 105 cm³/mol. The summed E-state index contributed by atoms with van der Waals surface area (Å²) in [6, 6.07) is 11.9. The maximum Gasteiger partial charge on any atom is 0.453 e. The molecular formula is C20H21F3N6. The van der Waals surface area contributed by atoms with Crippen molar-refractivity contribution in [2.45, 2.75) is 13.1 Å². The van der Waals surface area contributed by atoms with E-state index in [0.29, 0.717) is 24.6 Å². The van der Waals surface area contributed by atoms with Crippen LogP contribution in [-0.2, 0) is 6.18 Å². The molecule has 0 N–H and O–H groups in total. The molecule has 0 unspecified atom stereocenters. The van der Waals surface area contributed by atoms with Crippen molar-refractivity contribution in [3.05, 3.63) is 59.6 Å². The van der Waals surface area contributed by atoms with Crippen LogP contribution in [0.5, 0.6) is 0 Å². The van der Waals surface area contributed by atoms with Gasteiger partial charge in [0.2, 0.25) is 0 Å². The summed E-state index contributed by atoms with van der Waals surface area (Å²) >= 11 is 0. The average molecular weight is 402 g/mol. The summed E-state index contributed by atoms with van der Waals surface area (Å²) in [5.41, 5.74) is 1.77. The highest BCUT2D eigenvalue weighted by Gasteiger charge is 2.37. The molecule has 1 saturated heterocycles. The lowest BCUT2D eigenvalue weighted by molar-refractivity contribution is -0.144. The minimum Gasteiger partial charge on any atom is -0.354 e. The molecule has 1 aromatic carbocycles. The van der Waals surface area contributed by atoms with E-state index in [1.807, 2.05) is 23.1 Å². The summed E-state index contributed by atoms with van der Waals surface area (Å²) in [6.07, 6.45) is -0.369. The summed E-state index contributed by atoms with van der Waals surface area (Å²) in [7, 11) is 0. The van der Waals surface area contributed by atoms with Crippen molar-refractivity contribution < 1.29 is 13.2 Å². The minimum atomic E-state index is -4.59. The zero-order valence-electron chi connectivity index (χ0n) is 16.0. The van der Waals surface area contributed by atoms with E-state index in [0.717, 1.165) is 25.2 Å². The minimum absolute atomic E-state index is 0.0273. The number of hydrogen-bond acceptors (Lipinski definition) is 5. The van der Waals surface area contributed by atoms with E-state index in [1.54, 1.807) is 13.0 Å². The molecule has 6 nitrogen and oxygen atoms in total. The number of hydrogen-bond donors (Lipinski definition) is 0. The van der Waals surface area contributed by atoms with Crippen molar-refractivity contribution in [2.24, 2.45) is 0 Å². The first kappa shape index (κ1) is 19.4. The van der Waals surface area contributed by atoms with E-state index >= 15 is 0 Å². The van der Waals surface area contributed by atoms with Crippen molar-refractivity contribution in [2.75, 3.05) is 37.6 Å². The number of nitrogens with zero attached hydrogens (tertiary/aromatic N) is 6. The lowest BCUT2D eigenvalue weighted by atomic mass is 10.2. The topological polar surface area (TPSA) is 49.6 Å². The van der Waals surface area contributed by atoms with Crippen LogP contribution >= 0.6 is 0 Å². The Labute approximate surface area is 166 Å². The Hall–Kier alpha value is -2.94. The maximum absolute atomic E-state index is 13.0. The van der Waals surface area contributed by atoms with Gasteiger partial charge in [0, 0.05) is 44.5 Å². The van der Waals surface area contributed by atoms with Crippen LogP contribution in [0.2, 0.25) is 0 Å². The molecule has 1 aliphatic rings. The Morgan fingerprint density at radius 2 is 1.76 bits per heavy atom. The molecule has 3 heterocycles. The summed E-state index contributed by atoms with van der Waals surface area (Å²) in [5.74, 6) is -0.600. The average Bonchev–Trinajstić information content (AvgIpc) is 3.13. The van der Waals surface area contributed by atoms with E-state index < -0.39 is 12.0 Å². The molecule has 0 saturated carbocycles. The van der Waals surface area contributed by atoms with Crippen LogP contribution < -0.4 is 4.90 Å². The predicted octanol–water partition coefficient (Wildman–Crippen LogP) is 3.29. The number of alkyl halides is 3. The number of piperazine rings is 1. The number of aryl methyl sites for hydroxylation is 1. The van der Waals surface area contributed by atoms with Gasteiger partial charge in [-0.15, -0.1) is 5.10 Å². The van der Waals surface area contributed by atoms with Crippen molar-refractivity contribution in [1.82, 2.24) is 24.5 Å². The lowest BCUT2D eigenvalue weighted by Crippen LogP contribution is -2.47. The Morgan fingerprint density at radius 3 is 2.45 bits per heavy atom. The van der Waals surface area contributed by atoms with Gasteiger partial charge in [-0.1, -0.05) is 42.5 Å². The van der Waals surface area contributed by atoms with Gasteiger partial charge in [-0.25, -0.2) is 4.98 Å². The van der Waals surface area contributed by atoms with Gasteiger partial charge in [0.25, 0.3) is 11.6 Å². The monoisotopic (exact) mass is 402 g/mol. The lowest BCUT2D eigenvalue weighted by Gasteiger charge is -2.35. The number of aromatic nitrogens is 4. The Kier molecular flexibility index (Phi) is 5.23. The third kappa shape index (κ3) is 4.40. The van der Waals surface area contributed by atoms with Gasteiger partial charge in [0.1, 0.15) is 5.82 Å². The van der Waals surface area contributed by atoms with Crippen molar-refractivity contribution in [1.29, 1.82) is 0 Å². The molecule has 1 aliphatic heterocycles. The fraction of sp³-hybridized carbons (Fsp3) is 0.350. The van der Waals surface area contributed by atoms with Crippen molar-refractivity contribution in [3.8, 4) is 0 Å². The fourth-order valence-corrected chi connectivity index (χ4v) is 3.37. The van der Waals surface area contributed by atoms with Crippen LogP contribution in [0, 0.1) is 6.92 Å². The molecule has 1 fully saturated rings. The molecule has 0 aliphatic carbocycles. The van der Waals surface area contributed by atoms with Crippen LogP contribution in [-0.4, -0.2) is 57.2 Å². The number of fused-ring (bicyclic) bond motifs is 1. The molecule has 0 radical (unpaired) electrons. The van der Waals surface area contributed by atoms with Gasteiger partial charge in [0.05, 0.1) is 0 Å². The highest BCUT2D eigenvalue weighted by atomic mass is 19.4. The van der Waals surface area contributed by atoms with Crippen LogP contribution in [0.1, 0.15) is 17.1 Å². The summed E-state index contributed by atoms with van der Waals surface area (Å²) in [5, 5.41) is 3.65. The number of halogens is 3. The first-order chi connectivity index (χ1) is 13.9. The number of rotatable bonds is 4. The third-order valence-corrected chi connectivity index (χ3v) is 4.84. The van der Waals surface area contributed by atoms with Crippen molar-refractivity contribution >= 4 is 17.7 Å². The zero-order chi connectivity index (χ0) is 20.4. The first-order valence-corrected chi connectivity index (χ1v) is 9.41. The molecule has 3 aromatic rings. The largest absolute Gasteiger partial charge is 0.453 e. The van der Waals surface area contributed by atoms with E-state index in [9.17, 15) is 13.2 Å². The van der Waals surface area contributed by atoms with Crippen molar-refractivity contribution in [3.63, 3.8) is 0 Å². The van der Waals surface area contributed by atoms with E-state index in [-0.39, 0.29) is 5.78 Å². The van der Waals surface area contributed by atoms with Gasteiger partial charge in [-0.05, 0) is 12.5 Å². The zero-order valence-corrected chi connectivity index (χ0v) is 16.0. The first-order valence-electron chi connectivity index (χ1n) is 9.41.